The van der Waals surface area contributed by atoms with Crippen molar-refractivity contribution in [1.82, 2.24) is 4.90 Å². The molecule has 0 spiro atoms. The van der Waals surface area contributed by atoms with Crippen LogP contribution in [0.25, 0.3) is 0 Å². The first-order valence-electron chi connectivity index (χ1n) is 8.03. The summed E-state index contributed by atoms with van der Waals surface area (Å²) in [4.78, 5) is 13.7. The summed E-state index contributed by atoms with van der Waals surface area (Å²) in [5, 5.41) is 8.49. The van der Waals surface area contributed by atoms with Gasteiger partial charge >= 0.3 is 6.09 Å². The molecular formula is C18H29N3O2. The molecule has 5 heteroatoms. The lowest BCUT2D eigenvalue weighted by atomic mass is 9.91. The second-order valence-electron chi connectivity index (χ2n) is 6.85. The fourth-order valence-corrected chi connectivity index (χ4v) is 2.38. The Bertz CT molecular complexity index is 549. The molecular weight excluding hydrogens is 290 g/mol. The van der Waals surface area contributed by atoms with E-state index in [9.17, 15) is 4.79 Å². The predicted molar refractivity (Wildman–Crippen MR) is 94.9 cm³/mol. The number of hydrogen-bond donors (Lipinski definition) is 2. The molecule has 0 bridgehead atoms. The number of nitrogens with two attached hydrogens (primary N) is 1. The summed E-state index contributed by atoms with van der Waals surface area (Å²) in [7, 11) is 1.71. The van der Waals surface area contributed by atoms with Crippen LogP contribution in [0.3, 0.4) is 0 Å². The van der Waals surface area contributed by atoms with E-state index in [4.69, 9.17) is 15.9 Å². The van der Waals surface area contributed by atoms with E-state index < -0.39 is 5.60 Å². The average Bonchev–Trinajstić information content (AvgIpc) is 2.44. The van der Waals surface area contributed by atoms with Gasteiger partial charge in [0.25, 0.3) is 0 Å². The molecule has 0 radical (unpaired) electrons. The van der Waals surface area contributed by atoms with Gasteiger partial charge in [0.1, 0.15) is 5.60 Å². The third-order valence-electron chi connectivity index (χ3n) is 3.50. The van der Waals surface area contributed by atoms with Gasteiger partial charge in [-0.2, -0.15) is 0 Å². The molecule has 0 saturated carbocycles. The van der Waals surface area contributed by atoms with Crippen molar-refractivity contribution in [1.29, 1.82) is 5.41 Å². The Balaban J connectivity index is 2.84. The van der Waals surface area contributed by atoms with Crippen LogP contribution in [0.2, 0.25) is 0 Å². The van der Waals surface area contributed by atoms with Gasteiger partial charge in [-0.05, 0) is 33.3 Å². The van der Waals surface area contributed by atoms with Gasteiger partial charge < -0.3 is 20.8 Å². The molecule has 1 atom stereocenters. The minimum absolute atomic E-state index is 0.0674. The Labute approximate surface area is 139 Å². The van der Waals surface area contributed by atoms with E-state index in [1.54, 1.807) is 18.0 Å². The fraction of sp³-hybridized carbons (Fsp3) is 0.556. The van der Waals surface area contributed by atoms with E-state index in [0.717, 1.165) is 18.4 Å². The highest BCUT2D eigenvalue weighted by atomic mass is 16.6. The summed E-state index contributed by atoms with van der Waals surface area (Å²) >= 11 is 0. The van der Waals surface area contributed by atoms with Crippen molar-refractivity contribution in [3.05, 3.63) is 29.8 Å². The van der Waals surface area contributed by atoms with E-state index in [-0.39, 0.29) is 12.0 Å². The number of carbonyl (C=O) groups excluding carboxylic acids is 1. The van der Waals surface area contributed by atoms with Crippen LogP contribution < -0.4 is 5.73 Å². The minimum Gasteiger partial charge on any atom is -0.444 e. The topological polar surface area (TPSA) is 79.4 Å². The zero-order chi connectivity index (χ0) is 17.6. The fourth-order valence-electron chi connectivity index (χ4n) is 2.38. The number of benzene rings is 1. The first-order valence-corrected chi connectivity index (χ1v) is 8.03. The largest absolute Gasteiger partial charge is 0.444 e. The number of hydrogen-bond acceptors (Lipinski definition) is 4. The maximum atomic E-state index is 12.1. The maximum Gasteiger partial charge on any atom is 0.410 e. The lowest BCUT2D eigenvalue weighted by Gasteiger charge is -2.28. The van der Waals surface area contributed by atoms with Gasteiger partial charge in [-0.1, -0.05) is 31.5 Å². The van der Waals surface area contributed by atoms with Crippen LogP contribution in [-0.2, 0) is 4.74 Å². The molecule has 5 nitrogen and oxygen atoms in total. The van der Waals surface area contributed by atoms with Crippen molar-refractivity contribution in [3.8, 4) is 0 Å². The van der Waals surface area contributed by atoms with Gasteiger partial charge in [-0.3, -0.25) is 0 Å². The molecule has 1 rings (SSSR count). The molecule has 1 unspecified atom stereocenters. The highest BCUT2D eigenvalue weighted by molar-refractivity contribution is 6.04. The summed E-state index contributed by atoms with van der Waals surface area (Å²) in [6, 6.07) is 7.38. The standard InChI is InChI=1S/C18H29N3O2/c1-6-9-13(12-21(5)17(22)23-18(2,3)4)16(20)14-10-7-8-11-15(14)19/h7-8,10-11,13,20H,6,9,12,19H2,1-5H3. The minimum atomic E-state index is -0.525. The van der Waals surface area contributed by atoms with Crippen LogP contribution in [0.15, 0.2) is 24.3 Å². The van der Waals surface area contributed by atoms with E-state index in [2.05, 4.69) is 6.92 Å². The molecule has 0 aliphatic rings. The Hall–Kier alpha value is -2.04. The van der Waals surface area contributed by atoms with E-state index in [1.807, 2.05) is 39.0 Å². The Kier molecular flexibility index (Phi) is 6.61. The summed E-state index contributed by atoms with van der Waals surface area (Å²) in [6.45, 7) is 8.04. The third kappa shape index (κ3) is 5.93. The van der Waals surface area contributed by atoms with Crippen LogP contribution in [0, 0.1) is 11.3 Å². The zero-order valence-corrected chi connectivity index (χ0v) is 14.8. The molecule has 0 aromatic heterocycles. The van der Waals surface area contributed by atoms with Crippen molar-refractivity contribution in [2.24, 2.45) is 5.92 Å². The smallest absolute Gasteiger partial charge is 0.410 e. The molecule has 0 saturated heterocycles. The van der Waals surface area contributed by atoms with Gasteiger partial charge in [0.2, 0.25) is 0 Å². The summed E-state index contributed by atoms with van der Waals surface area (Å²) in [5.74, 6) is -0.0674. The average molecular weight is 319 g/mol. The van der Waals surface area contributed by atoms with E-state index in [0.29, 0.717) is 17.9 Å². The molecule has 1 aromatic carbocycles. The Morgan fingerprint density at radius 1 is 1.35 bits per heavy atom. The highest BCUT2D eigenvalue weighted by Crippen LogP contribution is 2.20. The molecule has 3 N–H and O–H groups in total. The van der Waals surface area contributed by atoms with Crippen molar-refractivity contribution < 1.29 is 9.53 Å². The molecule has 1 amide bonds. The number of anilines is 1. The molecule has 0 aliphatic heterocycles. The first kappa shape index (κ1) is 19.0. The number of amides is 1. The van der Waals surface area contributed by atoms with Crippen LogP contribution in [0.4, 0.5) is 10.5 Å². The quantitative estimate of drug-likeness (QED) is 0.616. The second-order valence-corrected chi connectivity index (χ2v) is 6.85. The summed E-state index contributed by atoms with van der Waals surface area (Å²) < 4.78 is 5.38. The van der Waals surface area contributed by atoms with Gasteiger partial charge in [0.15, 0.2) is 0 Å². The third-order valence-corrected chi connectivity index (χ3v) is 3.50. The Morgan fingerprint density at radius 3 is 2.48 bits per heavy atom. The van der Waals surface area contributed by atoms with Crippen LogP contribution in [0.1, 0.15) is 46.1 Å². The number of nitrogens with zero attached hydrogens (tertiary/aromatic N) is 1. The highest BCUT2D eigenvalue weighted by Gasteiger charge is 2.24. The van der Waals surface area contributed by atoms with Gasteiger partial charge in [-0.15, -0.1) is 0 Å². The monoisotopic (exact) mass is 319 g/mol. The summed E-state index contributed by atoms with van der Waals surface area (Å²) in [6.07, 6.45) is 1.38. The number of ether oxygens (including phenoxy) is 1. The van der Waals surface area contributed by atoms with Crippen molar-refractivity contribution in [2.75, 3.05) is 19.3 Å². The predicted octanol–water partition coefficient (Wildman–Crippen LogP) is 3.92. The second kappa shape index (κ2) is 7.99. The van der Waals surface area contributed by atoms with Crippen molar-refractivity contribution >= 4 is 17.5 Å². The van der Waals surface area contributed by atoms with E-state index >= 15 is 0 Å². The Morgan fingerprint density at radius 2 is 1.96 bits per heavy atom. The maximum absolute atomic E-state index is 12.1. The van der Waals surface area contributed by atoms with Crippen LogP contribution in [-0.4, -0.2) is 35.9 Å². The van der Waals surface area contributed by atoms with Gasteiger partial charge in [-0.25, -0.2) is 4.79 Å². The lowest BCUT2D eigenvalue weighted by molar-refractivity contribution is 0.0285. The number of carbonyl (C=O) groups is 1. The normalized spacial score (nSPS) is 12.6. The van der Waals surface area contributed by atoms with Crippen molar-refractivity contribution in [3.63, 3.8) is 0 Å². The molecule has 128 valence electrons. The molecule has 1 aromatic rings. The molecule has 0 aliphatic carbocycles. The number of para-hydroxylation sites is 1. The lowest BCUT2D eigenvalue weighted by Crippen LogP contribution is -2.38. The summed E-state index contributed by atoms with van der Waals surface area (Å²) in [5.41, 5.74) is 7.27. The van der Waals surface area contributed by atoms with Gasteiger partial charge in [0, 0.05) is 36.5 Å². The van der Waals surface area contributed by atoms with Gasteiger partial charge in [0.05, 0.1) is 0 Å². The number of rotatable bonds is 6. The molecule has 23 heavy (non-hydrogen) atoms. The van der Waals surface area contributed by atoms with E-state index in [1.165, 1.54) is 0 Å². The molecule has 0 heterocycles. The zero-order valence-electron chi connectivity index (χ0n) is 14.8. The van der Waals surface area contributed by atoms with Crippen molar-refractivity contribution in [2.45, 2.75) is 46.1 Å². The molecule has 0 fully saturated rings. The SMILES string of the molecule is CCCC(CN(C)C(=O)OC(C)(C)C)C(=N)c1ccccc1N. The van der Waals surface area contributed by atoms with Crippen LogP contribution in [0.5, 0.6) is 0 Å². The number of nitrogens with one attached hydrogen (secondary N) is 1. The van der Waals surface area contributed by atoms with Crippen LogP contribution >= 0.6 is 0 Å². The number of nitrogen functional groups attached to an aromatic ring is 1. The first-order chi connectivity index (χ1) is 10.7.